The number of carbonyl (C=O) groups excluding carboxylic acids is 1. The molecule has 4 nitrogen and oxygen atoms in total. The summed E-state index contributed by atoms with van der Waals surface area (Å²) in [5.41, 5.74) is 2.05. The van der Waals surface area contributed by atoms with Gasteiger partial charge in [0.05, 0.1) is 0 Å². The standard InChI is InChI=1S/C15H17N3O/c1-2-5-12-7-9-13(10-8-12)17-15(19)18-14-6-3-4-11-16-14/h3-4,6-11H,2,5H2,1H3,(H2,16,17,18,19). The lowest BCUT2D eigenvalue weighted by atomic mass is 10.1. The molecule has 0 bridgehead atoms. The zero-order chi connectivity index (χ0) is 13.5. The number of aryl methyl sites for hydroxylation is 1. The highest BCUT2D eigenvalue weighted by molar-refractivity contribution is 5.99. The summed E-state index contributed by atoms with van der Waals surface area (Å²) in [6, 6.07) is 12.9. The van der Waals surface area contributed by atoms with Gasteiger partial charge in [0.25, 0.3) is 0 Å². The summed E-state index contributed by atoms with van der Waals surface area (Å²) in [5.74, 6) is 0.530. The maximum atomic E-state index is 11.7. The number of rotatable bonds is 4. The minimum Gasteiger partial charge on any atom is -0.308 e. The number of urea groups is 1. The third-order valence-electron chi connectivity index (χ3n) is 2.66. The Balaban J connectivity index is 1.91. The van der Waals surface area contributed by atoms with Crippen molar-refractivity contribution in [3.63, 3.8) is 0 Å². The fourth-order valence-corrected chi connectivity index (χ4v) is 1.76. The maximum absolute atomic E-state index is 11.7. The normalized spacial score (nSPS) is 9.95. The second-order valence-electron chi connectivity index (χ2n) is 4.24. The van der Waals surface area contributed by atoms with Crippen LogP contribution in [0.5, 0.6) is 0 Å². The van der Waals surface area contributed by atoms with Crippen molar-refractivity contribution >= 4 is 17.5 Å². The van der Waals surface area contributed by atoms with Gasteiger partial charge >= 0.3 is 6.03 Å². The molecule has 0 aliphatic heterocycles. The Morgan fingerprint density at radius 3 is 2.53 bits per heavy atom. The van der Waals surface area contributed by atoms with Gasteiger partial charge in [0, 0.05) is 11.9 Å². The van der Waals surface area contributed by atoms with Gasteiger partial charge in [0.2, 0.25) is 0 Å². The van der Waals surface area contributed by atoms with Crippen molar-refractivity contribution in [1.29, 1.82) is 0 Å². The van der Waals surface area contributed by atoms with Crippen LogP contribution in [0.15, 0.2) is 48.7 Å². The van der Waals surface area contributed by atoms with Crippen LogP contribution in [0.4, 0.5) is 16.3 Å². The smallest absolute Gasteiger partial charge is 0.308 e. The van der Waals surface area contributed by atoms with Crippen molar-refractivity contribution in [2.75, 3.05) is 10.6 Å². The van der Waals surface area contributed by atoms with Crippen molar-refractivity contribution in [2.45, 2.75) is 19.8 Å². The molecule has 19 heavy (non-hydrogen) atoms. The van der Waals surface area contributed by atoms with Gasteiger partial charge in [-0.2, -0.15) is 0 Å². The van der Waals surface area contributed by atoms with Crippen LogP contribution in [0.1, 0.15) is 18.9 Å². The van der Waals surface area contributed by atoms with Gasteiger partial charge in [0.1, 0.15) is 5.82 Å². The second-order valence-corrected chi connectivity index (χ2v) is 4.24. The van der Waals surface area contributed by atoms with E-state index in [2.05, 4.69) is 22.5 Å². The minimum atomic E-state index is -0.290. The van der Waals surface area contributed by atoms with E-state index < -0.39 is 0 Å². The SMILES string of the molecule is CCCc1ccc(NC(=O)Nc2ccccn2)cc1. The Morgan fingerprint density at radius 1 is 1.11 bits per heavy atom. The van der Waals surface area contributed by atoms with Crippen molar-refractivity contribution in [3.8, 4) is 0 Å². The average Bonchev–Trinajstić information content (AvgIpc) is 2.42. The second kappa shape index (κ2) is 6.54. The summed E-state index contributed by atoms with van der Waals surface area (Å²) in [4.78, 5) is 15.8. The van der Waals surface area contributed by atoms with E-state index in [0.29, 0.717) is 5.82 Å². The molecule has 0 aliphatic carbocycles. The van der Waals surface area contributed by atoms with Crippen molar-refractivity contribution in [1.82, 2.24) is 4.98 Å². The van der Waals surface area contributed by atoms with Crippen LogP contribution in [0.25, 0.3) is 0 Å². The van der Waals surface area contributed by atoms with Crippen LogP contribution < -0.4 is 10.6 Å². The molecule has 0 radical (unpaired) electrons. The van der Waals surface area contributed by atoms with Crippen molar-refractivity contribution < 1.29 is 4.79 Å². The van der Waals surface area contributed by atoms with E-state index in [1.54, 1.807) is 18.3 Å². The molecular formula is C15H17N3O. The van der Waals surface area contributed by atoms with Gasteiger partial charge < -0.3 is 5.32 Å². The number of nitrogens with one attached hydrogen (secondary N) is 2. The highest BCUT2D eigenvalue weighted by atomic mass is 16.2. The first-order chi connectivity index (χ1) is 9.28. The Kier molecular flexibility index (Phi) is 4.50. The van der Waals surface area contributed by atoms with Gasteiger partial charge in [-0.3, -0.25) is 5.32 Å². The number of anilines is 2. The van der Waals surface area contributed by atoms with Crippen LogP contribution in [-0.4, -0.2) is 11.0 Å². The van der Waals surface area contributed by atoms with Gasteiger partial charge in [-0.05, 0) is 36.2 Å². The molecule has 1 aromatic carbocycles. The van der Waals surface area contributed by atoms with E-state index in [1.807, 2.05) is 30.3 Å². The van der Waals surface area contributed by atoms with Gasteiger partial charge in [-0.1, -0.05) is 31.5 Å². The fraction of sp³-hybridized carbons (Fsp3) is 0.200. The van der Waals surface area contributed by atoms with Crippen molar-refractivity contribution in [3.05, 3.63) is 54.2 Å². The third-order valence-corrected chi connectivity index (χ3v) is 2.66. The van der Waals surface area contributed by atoms with Gasteiger partial charge in [-0.25, -0.2) is 9.78 Å². The molecule has 1 heterocycles. The summed E-state index contributed by atoms with van der Waals surface area (Å²) in [5, 5.41) is 5.44. The number of benzene rings is 1. The summed E-state index contributed by atoms with van der Waals surface area (Å²) in [6.45, 7) is 2.15. The Labute approximate surface area is 112 Å². The molecule has 4 heteroatoms. The highest BCUT2D eigenvalue weighted by Gasteiger charge is 2.02. The number of amides is 2. The molecule has 0 unspecified atom stereocenters. The molecule has 1 aromatic heterocycles. The highest BCUT2D eigenvalue weighted by Crippen LogP contribution is 2.11. The monoisotopic (exact) mass is 255 g/mol. The molecule has 2 N–H and O–H groups in total. The lowest BCUT2D eigenvalue weighted by Crippen LogP contribution is -2.19. The molecular weight excluding hydrogens is 238 g/mol. The minimum absolute atomic E-state index is 0.290. The van der Waals surface area contributed by atoms with Crippen LogP contribution in [0.2, 0.25) is 0 Å². The van der Waals surface area contributed by atoms with E-state index >= 15 is 0 Å². The predicted octanol–water partition coefficient (Wildman–Crippen LogP) is 3.68. The topological polar surface area (TPSA) is 54.0 Å². The number of carbonyl (C=O) groups is 1. The molecule has 0 saturated carbocycles. The molecule has 0 atom stereocenters. The number of aromatic nitrogens is 1. The third kappa shape index (κ3) is 4.10. The first-order valence-electron chi connectivity index (χ1n) is 6.36. The molecule has 0 fully saturated rings. The van der Waals surface area contributed by atoms with E-state index in [9.17, 15) is 4.79 Å². The molecule has 0 aliphatic rings. The maximum Gasteiger partial charge on any atom is 0.324 e. The van der Waals surface area contributed by atoms with E-state index in [4.69, 9.17) is 0 Å². The van der Waals surface area contributed by atoms with Crippen molar-refractivity contribution in [2.24, 2.45) is 0 Å². The molecule has 2 rings (SSSR count). The fourth-order valence-electron chi connectivity index (χ4n) is 1.76. The van der Waals surface area contributed by atoms with Crippen LogP contribution in [0, 0.1) is 0 Å². The molecule has 2 amide bonds. The Morgan fingerprint density at radius 2 is 1.89 bits per heavy atom. The van der Waals surface area contributed by atoms with E-state index in [-0.39, 0.29) is 6.03 Å². The average molecular weight is 255 g/mol. The lowest BCUT2D eigenvalue weighted by Gasteiger charge is -2.07. The molecule has 98 valence electrons. The first-order valence-corrected chi connectivity index (χ1v) is 6.36. The Bertz CT molecular complexity index is 523. The van der Waals surface area contributed by atoms with Crippen LogP contribution in [0.3, 0.4) is 0 Å². The summed E-state index contributed by atoms with van der Waals surface area (Å²) < 4.78 is 0. The van der Waals surface area contributed by atoms with Gasteiger partial charge in [0.15, 0.2) is 0 Å². The summed E-state index contributed by atoms with van der Waals surface area (Å²) in [7, 11) is 0. The lowest BCUT2D eigenvalue weighted by molar-refractivity contribution is 0.262. The van der Waals surface area contributed by atoms with E-state index in [0.717, 1.165) is 18.5 Å². The number of hydrogen-bond acceptors (Lipinski definition) is 2. The van der Waals surface area contributed by atoms with E-state index in [1.165, 1.54) is 5.56 Å². The molecule has 2 aromatic rings. The first kappa shape index (κ1) is 13.1. The number of nitrogens with zero attached hydrogens (tertiary/aromatic N) is 1. The quantitative estimate of drug-likeness (QED) is 0.875. The zero-order valence-corrected chi connectivity index (χ0v) is 10.9. The molecule has 0 saturated heterocycles. The summed E-state index contributed by atoms with van der Waals surface area (Å²) in [6.07, 6.45) is 3.81. The number of pyridine rings is 1. The predicted molar refractivity (Wildman–Crippen MR) is 77.3 cm³/mol. The molecule has 0 spiro atoms. The van der Waals surface area contributed by atoms with Gasteiger partial charge in [-0.15, -0.1) is 0 Å². The number of hydrogen-bond donors (Lipinski definition) is 2. The van der Waals surface area contributed by atoms with Crippen LogP contribution >= 0.6 is 0 Å². The largest absolute Gasteiger partial charge is 0.324 e. The zero-order valence-electron chi connectivity index (χ0n) is 10.9. The Hall–Kier alpha value is -2.36. The van der Waals surface area contributed by atoms with Crippen LogP contribution in [-0.2, 0) is 6.42 Å². The summed E-state index contributed by atoms with van der Waals surface area (Å²) >= 11 is 0.